The molecule has 0 radical (unpaired) electrons. The minimum atomic E-state index is -0.223. The highest BCUT2D eigenvalue weighted by Crippen LogP contribution is 2.45. The number of amides is 2. The fourth-order valence-corrected chi connectivity index (χ4v) is 4.66. The summed E-state index contributed by atoms with van der Waals surface area (Å²) in [5, 5.41) is 5.79. The van der Waals surface area contributed by atoms with Gasteiger partial charge in [0.2, 0.25) is 0 Å². The van der Waals surface area contributed by atoms with Crippen molar-refractivity contribution in [3.63, 3.8) is 0 Å². The van der Waals surface area contributed by atoms with E-state index >= 15 is 0 Å². The van der Waals surface area contributed by atoms with E-state index in [0.29, 0.717) is 4.58 Å². The van der Waals surface area contributed by atoms with Gasteiger partial charge in [0.05, 0.1) is 4.58 Å². The molecular weight excluding hydrogens is 276 g/mol. The van der Waals surface area contributed by atoms with E-state index in [0.717, 1.165) is 5.69 Å². The summed E-state index contributed by atoms with van der Waals surface area (Å²) in [6, 6.07) is 7.97. The van der Waals surface area contributed by atoms with E-state index in [1.807, 2.05) is 56.4 Å². The number of carbonyl (C=O) groups excluding carboxylic acids is 1. The van der Waals surface area contributed by atoms with Crippen LogP contribution in [0.4, 0.5) is 10.5 Å². The van der Waals surface area contributed by atoms with Crippen molar-refractivity contribution >= 4 is 35.2 Å². The second-order valence-corrected chi connectivity index (χ2v) is 8.25. The van der Waals surface area contributed by atoms with Gasteiger partial charge in [0.1, 0.15) is 0 Å². The Balaban J connectivity index is 2.00. The maximum absolute atomic E-state index is 11.8. The first kappa shape index (κ1) is 14.6. The van der Waals surface area contributed by atoms with E-state index in [1.165, 1.54) is 17.1 Å². The highest BCUT2D eigenvalue weighted by Gasteiger charge is 2.19. The summed E-state index contributed by atoms with van der Waals surface area (Å²) in [5.74, 6) is 2.41. The number of hydrogen-bond donors (Lipinski definition) is 2. The predicted octanol–water partition coefficient (Wildman–Crippen LogP) is 4.09. The van der Waals surface area contributed by atoms with Crippen LogP contribution in [0.2, 0.25) is 0 Å². The molecule has 0 spiro atoms. The molecule has 0 unspecified atom stereocenters. The largest absolute Gasteiger partial charge is 0.333 e. The van der Waals surface area contributed by atoms with Crippen molar-refractivity contribution in [2.45, 2.75) is 30.9 Å². The van der Waals surface area contributed by atoms with E-state index in [-0.39, 0.29) is 11.6 Å². The van der Waals surface area contributed by atoms with Crippen LogP contribution in [0, 0.1) is 0 Å². The zero-order chi connectivity index (χ0) is 13.9. The maximum Gasteiger partial charge on any atom is 0.319 e. The smallest absolute Gasteiger partial charge is 0.319 e. The Morgan fingerprint density at radius 3 is 2.58 bits per heavy atom. The van der Waals surface area contributed by atoms with Crippen molar-refractivity contribution in [2.24, 2.45) is 0 Å². The summed E-state index contributed by atoms with van der Waals surface area (Å²) in [7, 11) is 0. The minimum Gasteiger partial charge on any atom is -0.333 e. The molecule has 2 rings (SSSR count). The van der Waals surface area contributed by atoms with Crippen LogP contribution in [0.3, 0.4) is 0 Å². The van der Waals surface area contributed by atoms with Gasteiger partial charge in [0, 0.05) is 22.7 Å². The SMILES string of the molecule is CC(C)(C)NC(=O)Nc1cccc(C2SCCS2)c1. The minimum absolute atomic E-state index is 0.156. The third-order valence-electron chi connectivity index (χ3n) is 2.53. The Kier molecular flexibility index (Phi) is 4.68. The number of benzene rings is 1. The molecular formula is C14H20N2OS2. The van der Waals surface area contributed by atoms with Gasteiger partial charge in [-0.05, 0) is 38.5 Å². The van der Waals surface area contributed by atoms with Crippen molar-refractivity contribution < 1.29 is 4.79 Å². The summed E-state index contributed by atoms with van der Waals surface area (Å²) in [6.07, 6.45) is 0. The number of hydrogen-bond acceptors (Lipinski definition) is 3. The van der Waals surface area contributed by atoms with E-state index in [9.17, 15) is 4.79 Å². The Labute approximate surface area is 123 Å². The van der Waals surface area contributed by atoms with Crippen LogP contribution in [-0.2, 0) is 0 Å². The van der Waals surface area contributed by atoms with Crippen LogP contribution in [0.25, 0.3) is 0 Å². The van der Waals surface area contributed by atoms with Crippen LogP contribution in [0.15, 0.2) is 24.3 Å². The zero-order valence-corrected chi connectivity index (χ0v) is 13.2. The first-order chi connectivity index (χ1) is 8.94. The van der Waals surface area contributed by atoms with Crippen molar-refractivity contribution in [1.82, 2.24) is 5.32 Å². The van der Waals surface area contributed by atoms with E-state index < -0.39 is 0 Å². The third-order valence-corrected chi connectivity index (χ3v) is 5.63. The lowest BCUT2D eigenvalue weighted by molar-refractivity contribution is 0.244. The first-order valence-corrected chi connectivity index (χ1v) is 8.46. The number of carbonyl (C=O) groups is 1. The fourth-order valence-electron chi connectivity index (χ4n) is 1.82. The van der Waals surface area contributed by atoms with Gasteiger partial charge in [-0.1, -0.05) is 12.1 Å². The summed E-state index contributed by atoms with van der Waals surface area (Å²) < 4.78 is 0.507. The summed E-state index contributed by atoms with van der Waals surface area (Å²) in [6.45, 7) is 5.90. The highest BCUT2D eigenvalue weighted by atomic mass is 32.2. The quantitative estimate of drug-likeness (QED) is 0.864. The van der Waals surface area contributed by atoms with E-state index in [2.05, 4.69) is 22.8 Å². The average molecular weight is 296 g/mol. The standard InChI is InChI=1S/C14H20N2OS2/c1-14(2,3)16-13(17)15-11-6-4-5-10(9-11)12-18-7-8-19-12/h4-6,9,12H,7-8H2,1-3H3,(H2,15,16,17). The number of anilines is 1. The van der Waals surface area contributed by atoms with Gasteiger partial charge in [-0.3, -0.25) is 0 Å². The normalized spacial score (nSPS) is 16.4. The van der Waals surface area contributed by atoms with Crippen molar-refractivity contribution in [3.8, 4) is 0 Å². The van der Waals surface area contributed by atoms with Crippen LogP contribution in [-0.4, -0.2) is 23.1 Å². The molecule has 1 heterocycles. The Bertz CT molecular complexity index is 451. The number of nitrogens with one attached hydrogen (secondary N) is 2. The maximum atomic E-state index is 11.8. The molecule has 2 amide bonds. The summed E-state index contributed by atoms with van der Waals surface area (Å²) in [4.78, 5) is 11.8. The lowest BCUT2D eigenvalue weighted by Gasteiger charge is -2.21. The molecule has 3 nitrogen and oxygen atoms in total. The molecule has 1 aromatic rings. The van der Waals surface area contributed by atoms with Crippen LogP contribution in [0.5, 0.6) is 0 Å². The van der Waals surface area contributed by atoms with Crippen LogP contribution < -0.4 is 10.6 Å². The van der Waals surface area contributed by atoms with Crippen molar-refractivity contribution in [3.05, 3.63) is 29.8 Å². The van der Waals surface area contributed by atoms with Crippen LogP contribution >= 0.6 is 23.5 Å². The predicted molar refractivity (Wildman–Crippen MR) is 86.0 cm³/mol. The molecule has 1 saturated heterocycles. The van der Waals surface area contributed by atoms with Gasteiger partial charge < -0.3 is 10.6 Å². The summed E-state index contributed by atoms with van der Waals surface area (Å²) in [5.41, 5.74) is 1.91. The molecule has 0 bridgehead atoms. The third kappa shape index (κ3) is 4.66. The molecule has 2 N–H and O–H groups in total. The molecule has 1 aliphatic rings. The topological polar surface area (TPSA) is 41.1 Å². The van der Waals surface area contributed by atoms with Crippen LogP contribution in [0.1, 0.15) is 30.9 Å². The molecule has 0 atom stereocenters. The molecule has 19 heavy (non-hydrogen) atoms. The molecule has 5 heteroatoms. The van der Waals surface area contributed by atoms with Gasteiger partial charge in [-0.2, -0.15) is 0 Å². The Morgan fingerprint density at radius 1 is 1.26 bits per heavy atom. The molecule has 0 saturated carbocycles. The molecule has 104 valence electrons. The lowest BCUT2D eigenvalue weighted by Crippen LogP contribution is -2.43. The molecule has 0 aromatic heterocycles. The molecule has 0 aliphatic carbocycles. The highest BCUT2D eigenvalue weighted by molar-refractivity contribution is 8.19. The van der Waals surface area contributed by atoms with Gasteiger partial charge in [-0.15, -0.1) is 23.5 Å². The van der Waals surface area contributed by atoms with Crippen molar-refractivity contribution in [1.29, 1.82) is 0 Å². The molecule has 1 fully saturated rings. The fraction of sp³-hybridized carbons (Fsp3) is 0.500. The Morgan fingerprint density at radius 2 is 1.95 bits per heavy atom. The number of urea groups is 1. The second-order valence-electron chi connectivity index (χ2n) is 5.53. The van der Waals surface area contributed by atoms with E-state index in [1.54, 1.807) is 0 Å². The molecule has 1 aromatic carbocycles. The lowest BCUT2D eigenvalue weighted by atomic mass is 10.1. The van der Waals surface area contributed by atoms with Gasteiger partial charge in [0.25, 0.3) is 0 Å². The van der Waals surface area contributed by atoms with Gasteiger partial charge >= 0.3 is 6.03 Å². The monoisotopic (exact) mass is 296 g/mol. The number of rotatable bonds is 2. The Hall–Kier alpha value is -0.810. The van der Waals surface area contributed by atoms with Crippen molar-refractivity contribution in [2.75, 3.05) is 16.8 Å². The van der Waals surface area contributed by atoms with Gasteiger partial charge in [0.15, 0.2) is 0 Å². The molecule has 1 aliphatic heterocycles. The second kappa shape index (κ2) is 6.09. The average Bonchev–Trinajstić information content (AvgIpc) is 2.79. The zero-order valence-electron chi connectivity index (χ0n) is 11.5. The first-order valence-electron chi connectivity index (χ1n) is 6.36. The van der Waals surface area contributed by atoms with Gasteiger partial charge in [-0.25, -0.2) is 4.79 Å². The summed E-state index contributed by atoms with van der Waals surface area (Å²) >= 11 is 3.94. The number of thioether (sulfide) groups is 2. The van der Waals surface area contributed by atoms with E-state index in [4.69, 9.17) is 0 Å².